The van der Waals surface area contributed by atoms with Gasteiger partial charge in [0.15, 0.2) is 0 Å². The third-order valence-corrected chi connectivity index (χ3v) is 2.82. The second kappa shape index (κ2) is 4.58. The van der Waals surface area contributed by atoms with Crippen molar-refractivity contribution in [2.75, 3.05) is 7.05 Å². The van der Waals surface area contributed by atoms with Crippen molar-refractivity contribution in [2.45, 2.75) is 13.1 Å². The molecule has 0 atom stereocenters. The third kappa shape index (κ3) is 1.98. The van der Waals surface area contributed by atoms with Crippen LogP contribution in [0.5, 0.6) is 0 Å². The van der Waals surface area contributed by atoms with Crippen LogP contribution in [0.15, 0.2) is 24.3 Å². The molecule has 1 fully saturated rings. The number of carbonyl (C=O) groups excluding carboxylic acids is 3. The SMILES string of the molecule is CN1C(=O)C(=O)N(Cc2cccc(CN)c2)C1=O. The van der Waals surface area contributed by atoms with E-state index < -0.39 is 17.8 Å². The van der Waals surface area contributed by atoms with Gasteiger partial charge in [-0.3, -0.25) is 19.4 Å². The summed E-state index contributed by atoms with van der Waals surface area (Å²) in [5, 5.41) is 0. The molecule has 0 aromatic heterocycles. The van der Waals surface area contributed by atoms with Crippen LogP contribution in [0.25, 0.3) is 0 Å². The fourth-order valence-corrected chi connectivity index (χ4v) is 1.79. The Morgan fingerprint density at radius 1 is 1.11 bits per heavy atom. The first kappa shape index (κ1) is 12.3. The number of benzene rings is 1. The molecule has 1 aliphatic heterocycles. The van der Waals surface area contributed by atoms with Crippen molar-refractivity contribution in [3.63, 3.8) is 0 Å². The maximum absolute atomic E-state index is 11.7. The highest BCUT2D eigenvalue weighted by atomic mass is 16.2. The number of rotatable bonds is 3. The number of hydrogen-bond donors (Lipinski definition) is 1. The number of nitrogens with zero attached hydrogens (tertiary/aromatic N) is 2. The zero-order valence-corrected chi connectivity index (χ0v) is 9.92. The van der Waals surface area contributed by atoms with Gasteiger partial charge >= 0.3 is 17.8 Å². The van der Waals surface area contributed by atoms with Crippen molar-refractivity contribution in [3.05, 3.63) is 35.4 Å². The third-order valence-electron chi connectivity index (χ3n) is 2.82. The molecule has 0 aliphatic carbocycles. The van der Waals surface area contributed by atoms with Gasteiger partial charge in [-0.1, -0.05) is 24.3 Å². The molecule has 1 aliphatic rings. The molecule has 0 spiro atoms. The molecule has 1 aromatic rings. The van der Waals surface area contributed by atoms with Crippen LogP contribution in [-0.4, -0.2) is 34.7 Å². The fourth-order valence-electron chi connectivity index (χ4n) is 1.79. The lowest BCUT2D eigenvalue weighted by Crippen LogP contribution is -2.31. The summed E-state index contributed by atoms with van der Waals surface area (Å²) in [6, 6.07) is 6.65. The number of carbonyl (C=O) groups is 3. The largest absolute Gasteiger partial charge is 0.334 e. The average Bonchev–Trinajstić information content (AvgIpc) is 2.57. The molecule has 2 N–H and O–H groups in total. The highest BCUT2D eigenvalue weighted by Crippen LogP contribution is 2.15. The highest BCUT2D eigenvalue weighted by Gasteiger charge is 2.41. The van der Waals surface area contributed by atoms with E-state index in [4.69, 9.17) is 5.73 Å². The zero-order valence-electron chi connectivity index (χ0n) is 9.92. The molecule has 18 heavy (non-hydrogen) atoms. The number of hydrogen-bond acceptors (Lipinski definition) is 4. The minimum atomic E-state index is -0.796. The van der Waals surface area contributed by atoms with Gasteiger partial charge in [-0.25, -0.2) is 4.79 Å². The van der Waals surface area contributed by atoms with Crippen molar-refractivity contribution in [1.29, 1.82) is 0 Å². The summed E-state index contributed by atoms with van der Waals surface area (Å²) in [4.78, 5) is 36.3. The lowest BCUT2D eigenvalue weighted by molar-refractivity contribution is -0.143. The van der Waals surface area contributed by atoms with Crippen molar-refractivity contribution < 1.29 is 14.4 Å². The Balaban J connectivity index is 2.21. The molecule has 0 unspecified atom stereocenters. The van der Waals surface area contributed by atoms with Crippen molar-refractivity contribution in [1.82, 2.24) is 9.80 Å². The lowest BCUT2D eigenvalue weighted by atomic mass is 10.1. The van der Waals surface area contributed by atoms with Crippen LogP contribution >= 0.6 is 0 Å². The quantitative estimate of drug-likeness (QED) is 0.605. The highest BCUT2D eigenvalue weighted by molar-refractivity contribution is 6.44. The molecule has 0 bridgehead atoms. The van der Waals surface area contributed by atoms with Crippen molar-refractivity contribution in [3.8, 4) is 0 Å². The van der Waals surface area contributed by atoms with Crippen molar-refractivity contribution in [2.24, 2.45) is 5.73 Å². The molecule has 1 saturated heterocycles. The first-order valence-corrected chi connectivity index (χ1v) is 5.46. The van der Waals surface area contributed by atoms with Crippen LogP contribution in [0.2, 0.25) is 0 Å². The number of imide groups is 2. The van der Waals surface area contributed by atoms with Gasteiger partial charge in [0.2, 0.25) is 0 Å². The summed E-state index contributed by atoms with van der Waals surface area (Å²) in [7, 11) is 1.29. The molecule has 1 aromatic carbocycles. The summed E-state index contributed by atoms with van der Waals surface area (Å²) in [5.41, 5.74) is 7.19. The van der Waals surface area contributed by atoms with E-state index in [1.807, 2.05) is 12.1 Å². The van der Waals surface area contributed by atoms with Gasteiger partial charge < -0.3 is 5.73 Å². The number of likely N-dealkylation sites (N-methyl/N-ethyl adjacent to an activating group) is 1. The molecule has 0 saturated carbocycles. The topological polar surface area (TPSA) is 83.7 Å². The van der Waals surface area contributed by atoms with Gasteiger partial charge in [0.25, 0.3) is 0 Å². The Morgan fingerprint density at radius 3 is 2.33 bits per heavy atom. The standard InChI is InChI=1S/C12H13N3O3/c1-14-10(16)11(17)15(12(14)18)7-9-4-2-3-8(5-9)6-13/h2-5H,6-7,13H2,1H3. The van der Waals surface area contributed by atoms with Crippen LogP contribution in [0, 0.1) is 0 Å². The normalized spacial score (nSPS) is 15.8. The smallest absolute Gasteiger partial charge is 0.326 e. The molecule has 2 rings (SSSR count). The Bertz CT molecular complexity index is 527. The van der Waals surface area contributed by atoms with E-state index in [2.05, 4.69) is 0 Å². The number of nitrogens with two attached hydrogens (primary N) is 1. The molecule has 1 heterocycles. The summed E-state index contributed by atoms with van der Waals surface area (Å²) in [5.74, 6) is -1.59. The molecular weight excluding hydrogens is 234 g/mol. The van der Waals surface area contributed by atoms with E-state index in [0.29, 0.717) is 6.54 Å². The summed E-state index contributed by atoms with van der Waals surface area (Å²) < 4.78 is 0. The number of amides is 4. The Morgan fingerprint density at radius 2 is 1.78 bits per heavy atom. The summed E-state index contributed by atoms with van der Waals surface area (Å²) >= 11 is 0. The Labute approximate surface area is 104 Å². The molecule has 6 nitrogen and oxygen atoms in total. The lowest BCUT2D eigenvalue weighted by Gasteiger charge is -2.13. The minimum absolute atomic E-state index is 0.0849. The molecular formula is C12H13N3O3. The molecule has 0 radical (unpaired) electrons. The van der Waals surface area contributed by atoms with E-state index in [1.165, 1.54) is 7.05 Å². The van der Waals surface area contributed by atoms with Gasteiger partial charge in [0.05, 0.1) is 6.54 Å². The second-order valence-corrected chi connectivity index (χ2v) is 4.06. The molecule has 94 valence electrons. The van der Waals surface area contributed by atoms with Crippen molar-refractivity contribution >= 4 is 17.8 Å². The first-order valence-electron chi connectivity index (χ1n) is 5.46. The van der Waals surface area contributed by atoms with Gasteiger partial charge in [-0.05, 0) is 11.1 Å². The Hall–Kier alpha value is -2.21. The monoisotopic (exact) mass is 247 g/mol. The van der Waals surface area contributed by atoms with Crippen LogP contribution in [0.4, 0.5) is 4.79 Å². The fraction of sp³-hybridized carbons (Fsp3) is 0.250. The van der Waals surface area contributed by atoms with E-state index in [0.717, 1.165) is 20.9 Å². The average molecular weight is 247 g/mol. The molecule has 6 heteroatoms. The van der Waals surface area contributed by atoms with Crippen LogP contribution in [0.1, 0.15) is 11.1 Å². The maximum atomic E-state index is 11.7. The van der Waals surface area contributed by atoms with Gasteiger partial charge in [-0.2, -0.15) is 0 Å². The van der Waals surface area contributed by atoms with E-state index >= 15 is 0 Å². The first-order chi connectivity index (χ1) is 8.54. The zero-order chi connectivity index (χ0) is 13.3. The maximum Gasteiger partial charge on any atom is 0.334 e. The Kier molecular flexibility index (Phi) is 3.12. The predicted octanol–water partition coefficient (Wildman–Crippen LogP) is 0.0659. The summed E-state index contributed by atoms with van der Waals surface area (Å²) in [6.07, 6.45) is 0. The second-order valence-electron chi connectivity index (χ2n) is 4.06. The molecule has 4 amide bonds. The van der Waals surface area contributed by atoms with E-state index in [-0.39, 0.29) is 6.54 Å². The van der Waals surface area contributed by atoms with Gasteiger partial charge in [0, 0.05) is 13.6 Å². The summed E-state index contributed by atoms with van der Waals surface area (Å²) in [6.45, 7) is 0.468. The van der Waals surface area contributed by atoms with E-state index in [1.54, 1.807) is 12.1 Å². The van der Waals surface area contributed by atoms with Gasteiger partial charge in [-0.15, -0.1) is 0 Å². The predicted molar refractivity (Wildman–Crippen MR) is 63.0 cm³/mol. The van der Waals surface area contributed by atoms with Crippen LogP contribution < -0.4 is 5.73 Å². The van der Waals surface area contributed by atoms with Crippen LogP contribution in [-0.2, 0) is 22.7 Å². The van der Waals surface area contributed by atoms with E-state index in [9.17, 15) is 14.4 Å². The number of urea groups is 1. The minimum Gasteiger partial charge on any atom is -0.326 e. The van der Waals surface area contributed by atoms with Gasteiger partial charge in [0.1, 0.15) is 0 Å². The van der Waals surface area contributed by atoms with Crippen LogP contribution in [0.3, 0.4) is 0 Å².